The molecule has 1 N–H and O–H groups in total. The summed E-state index contributed by atoms with van der Waals surface area (Å²) in [5.74, 6) is -4.61. The molecule has 0 aliphatic heterocycles. The Morgan fingerprint density at radius 1 is 1.10 bits per heavy atom. The first-order chi connectivity index (χ1) is 9.16. The second kappa shape index (κ2) is 5.48. The van der Waals surface area contributed by atoms with Crippen LogP contribution in [0.3, 0.4) is 0 Å². The number of rotatable bonds is 2. The van der Waals surface area contributed by atoms with Gasteiger partial charge in [-0.15, -0.1) is 0 Å². The highest BCUT2D eigenvalue weighted by molar-refractivity contribution is 6.68. The highest BCUT2D eigenvalue weighted by Gasteiger charge is 2.60. The number of Topliss-reactive ketones (excluding diaryl/α,β-unsaturated/α-hetero) is 3. The second-order valence-corrected chi connectivity index (χ2v) is 9.04. The third-order valence-electron chi connectivity index (χ3n) is 4.36. The van der Waals surface area contributed by atoms with Crippen molar-refractivity contribution >= 4 is 52.2 Å². The maximum Gasteiger partial charge on any atom is 0.199 e. The molecule has 7 heteroatoms. The van der Waals surface area contributed by atoms with Gasteiger partial charge in [-0.2, -0.15) is 0 Å². The molecule has 0 aromatic heterocycles. The van der Waals surface area contributed by atoms with Crippen LogP contribution in [0, 0.1) is 22.7 Å². The molecule has 0 radical (unpaired) electrons. The van der Waals surface area contributed by atoms with E-state index in [1.807, 2.05) is 0 Å². The van der Waals surface area contributed by atoms with Crippen LogP contribution in [0.2, 0.25) is 0 Å². The molecule has 1 fully saturated rings. The SMILES string of the molecule is CC(C(=O)C1C(=O)C(C)(C)C(O)C(C)(C)C1=O)C(Cl)(Cl)Cl. The van der Waals surface area contributed by atoms with Crippen molar-refractivity contribution in [2.24, 2.45) is 22.7 Å². The minimum Gasteiger partial charge on any atom is -0.391 e. The van der Waals surface area contributed by atoms with E-state index in [4.69, 9.17) is 34.8 Å². The smallest absolute Gasteiger partial charge is 0.199 e. The van der Waals surface area contributed by atoms with Gasteiger partial charge in [0.2, 0.25) is 0 Å². The number of aliphatic hydroxyl groups is 1. The number of ketones is 3. The zero-order valence-corrected chi connectivity index (χ0v) is 14.8. The van der Waals surface area contributed by atoms with Gasteiger partial charge in [-0.3, -0.25) is 14.4 Å². The summed E-state index contributed by atoms with van der Waals surface area (Å²) in [6, 6.07) is 0. The average Bonchev–Trinajstić information content (AvgIpc) is 2.33. The highest BCUT2D eigenvalue weighted by Crippen LogP contribution is 2.46. The van der Waals surface area contributed by atoms with Crippen molar-refractivity contribution in [2.75, 3.05) is 0 Å². The second-order valence-electron chi connectivity index (χ2n) is 6.67. The first-order valence-corrected chi connectivity index (χ1v) is 7.67. The van der Waals surface area contributed by atoms with Crippen molar-refractivity contribution in [1.29, 1.82) is 0 Å². The lowest BCUT2D eigenvalue weighted by Crippen LogP contribution is -2.62. The van der Waals surface area contributed by atoms with Crippen LogP contribution in [0.1, 0.15) is 34.6 Å². The van der Waals surface area contributed by atoms with Crippen LogP contribution in [0.4, 0.5) is 0 Å². The van der Waals surface area contributed by atoms with E-state index in [9.17, 15) is 19.5 Å². The number of hydrogen-bond acceptors (Lipinski definition) is 4. The predicted molar refractivity (Wildman–Crippen MR) is 81.5 cm³/mol. The fraction of sp³-hybridized carbons (Fsp3) is 0.786. The van der Waals surface area contributed by atoms with Gasteiger partial charge in [0.15, 0.2) is 21.1 Å². The molecule has 1 rings (SSSR count). The van der Waals surface area contributed by atoms with Crippen molar-refractivity contribution in [3.63, 3.8) is 0 Å². The molecule has 1 aliphatic carbocycles. The minimum absolute atomic E-state index is 0.634. The van der Waals surface area contributed by atoms with Gasteiger partial charge in [-0.05, 0) is 0 Å². The van der Waals surface area contributed by atoms with Crippen molar-refractivity contribution in [2.45, 2.75) is 44.5 Å². The summed E-state index contributed by atoms with van der Waals surface area (Å²) in [5.41, 5.74) is -2.46. The fourth-order valence-electron chi connectivity index (χ4n) is 2.70. The maximum atomic E-state index is 12.5. The molecule has 0 spiro atoms. The first kappa shape index (κ1) is 18.9. The number of halogens is 3. The van der Waals surface area contributed by atoms with Crippen LogP contribution < -0.4 is 0 Å². The average molecular weight is 358 g/mol. The molecule has 4 nitrogen and oxygen atoms in total. The number of hydrogen-bond donors (Lipinski definition) is 1. The summed E-state index contributed by atoms with van der Waals surface area (Å²) >= 11 is 17.1. The fourth-order valence-corrected chi connectivity index (χ4v) is 3.03. The summed E-state index contributed by atoms with van der Waals surface area (Å²) in [5, 5.41) is 10.3. The monoisotopic (exact) mass is 356 g/mol. The molecule has 21 heavy (non-hydrogen) atoms. The number of carbonyl (C=O) groups is 3. The largest absolute Gasteiger partial charge is 0.391 e. The standard InChI is InChI=1S/C14H19Cl3O4/c1-6(14(15,16)17)8(18)7-9(19)12(2,3)11(21)13(4,5)10(7)20/h6-7,11,21H,1-5H3. The summed E-state index contributed by atoms with van der Waals surface area (Å²) in [6.07, 6.45) is -1.18. The molecule has 1 unspecified atom stereocenters. The molecule has 0 amide bonds. The van der Waals surface area contributed by atoms with Crippen molar-refractivity contribution in [3.8, 4) is 0 Å². The van der Waals surface area contributed by atoms with Gasteiger partial charge in [-0.1, -0.05) is 69.4 Å². The zero-order chi connectivity index (χ0) is 17.0. The van der Waals surface area contributed by atoms with Gasteiger partial charge < -0.3 is 5.11 Å². The third-order valence-corrected chi connectivity index (χ3v) is 5.35. The van der Waals surface area contributed by atoms with Gasteiger partial charge in [0.25, 0.3) is 0 Å². The van der Waals surface area contributed by atoms with Gasteiger partial charge in [0, 0.05) is 0 Å². The summed E-state index contributed by atoms with van der Waals surface area (Å²) in [7, 11) is 0. The Bertz CT molecular complexity index is 463. The van der Waals surface area contributed by atoms with Crippen LogP contribution in [0.15, 0.2) is 0 Å². The lowest BCUT2D eigenvalue weighted by atomic mass is 9.56. The molecule has 1 atom stereocenters. The van der Waals surface area contributed by atoms with E-state index in [1.165, 1.54) is 34.6 Å². The Morgan fingerprint density at radius 2 is 1.43 bits per heavy atom. The predicted octanol–water partition coefficient (Wildman–Crippen LogP) is 2.74. The zero-order valence-electron chi connectivity index (χ0n) is 12.5. The molecular formula is C14H19Cl3O4. The number of alkyl halides is 3. The van der Waals surface area contributed by atoms with E-state index in [0.29, 0.717) is 0 Å². The summed E-state index contributed by atoms with van der Waals surface area (Å²) in [4.78, 5) is 37.5. The van der Waals surface area contributed by atoms with E-state index >= 15 is 0 Å². The van der Waals surface area contributed by atoms with Crippen molar-refractivity contribution < 1.29 is 19.5 Å². The highest BCUT2D eigenvalue weighted by atomic mass is 35.6. The van der Waals surface area contributed by atoms with Crippen LogP contribution >= 0.6 is 34.8 Å². The molecule has 0 aromatic rings. The molecule has 1 aliphatic rings. The quantitative estimate of drug-likeness (QED) is 0.609. The summed E-state index contributed by atoms with van der Waals surface area (Å²) < 4.78 is -1.90. The van der Waals surface area contributed by atoms with E-state index in [0.717, 1.165) is 0 Å². The molecule has 0 saturated heterocycles. The molecule has 1 saturated carbocycles. The van der Waals surface area contributed by atoms with E-state index in [1.54, 1.807) is 0 Å². The Balaban J connectivity index is 3.32. The summed E-state index contributed by atoms with van der Waals surface area (Å²) in [6.45, 7) is 7.40. The molecule has 0 bridgehead atoms. The van der Waals surface area contributed by atoms with Gasteiger partial charge in [-0.25, -0.2) is 0 Å². The Labute approximate surface area is 139 Å². The molecule has 0 heterocycles. The topological polar surface area (TPSA) is 71.4 Å². The van der Waals surface area contributed by atoms with Gasteiger partial charge in [0.1, 0.15) is 5.92 Å². The first-order valence-electron chi connectivity index (χ1n) is 6.54. The van der Waals surface area contributed by atoms with Crippen LogP contribution in [0.5, 0.6) is 0 Å². The Hall–Kier alpha value is -0.160. The lowest BCUT2D eigenvalue weighted by molar-refractivity contribution is -0.169. The third kappa shape index (κ3) is 3.00. The normalized spacial score (nSPS) is 30.1. The van der Waals surface area contributed by atoms with Crippen LogP contribution in [-0.2, 0) is 14.4 Å². The van der Waals surface area contributed by atoms with Crippen LogP contribution in [0.25, 0.3) is 0 Å². The maximum absolute atomic E-state index is 12.5. The van der Waals surface area contributed by atoms with Crippen molar-refractivity contribution in [1.82, 2.24) is 0 Å². The van der Waals surface area contributed by atoms with Crippen molar-refractivity contribution in [3.05, 3.63) is 0 Å². The molecule has 120 valence electrons. The number of carbonyl (C=O) groups excluding carboxylic acids is 3. The lowest BCUT2D eigenvalue weighted by Gasteiger charge is -2.46. The Kier molecular flexibility index (Phi) is 4.93. The van der Waals surface area contributed by atoms with E-state index < -0.39 is 49.9 Å². The van der Waals surface area contributed by atoms with E-state index in [-0.39, 0.29) is 0 Å². The van der Waals surface area contributed by atoms with Gasteiger partial charge in [0.05, 0.1) is 22.9 Å². The minimum atomic E-state index is -1.90. The van der Waals surface area contributed by atoms with Crippen LogP contribution in [-0.4, -0.2) is 32.4 Å². The molecular weight excluding hydrogens is 339 g/mol. The Morgan fingerprint density at radius 3 is 1.71 bits per heavy atom. The van der Waals surface area contributed by atoms with Gasteiger partial charge >= 0.3 is 0 Å². The molecule has 0 aromatic carbocycles. The van der Waals surface area contributed by atoms with E-state index in [2.05, 4.69) is 0 Å². The number of aliphatic hydroxyl groups excluding tert-OH is 1.